The molecule has 0 aliphatic heterocycles. The van der Waals surface area contributed by atoms with Crippen LogP contribution in [0.4, 0.5) is 4.39 Å². The van der Waals surface area contributed by atoms with Gasteiger partial charge in [-0.15, -0.1) is 0 Å². The molecule has 0 heterocycles. The third-order valence-corrected chi connectivity index (χ3v) is 2.01. The van der Waals surface area contributed by atoms with Crippen molar-refractivity contribution < 1.29 is 9.13 Å². The summed E-state index contributed by atoms with van der Waals surface area (Å²) in [6.07, 6.45) is 1.96. The summed E-state index contributed by atoms with van der Waals surface area (Å²) < 4.78 is 18.6. The summed E-state index contributed by atoms with van der Waals surface area (Å²) >= 11 is 0. The minimum Gasteiger partial charge on any atom is -0.490 e. The van der Waals surface area contributed by atoms with E-state index in [-0.39, 0.29) is 5.82 Å². The molecular formula is C11H16FNO. The summed E-state index contributed by atoms with van der Waals surface area (Å²) in [4.78, 5) is 0. The van der Waals surface area contributed by atoms with Crippen molar-refractivity contribution in [3.05, 3.63) is 29.6 Å². The molecule has 0 saturated carbocycles. The van der Waals surface area contributed by atoms with Crippen LogP contribution in [0.25, 0.3) is 0 Å². The molecule has 78 valence electrons. The Labute approximate surface area is 83.9 Å². The van der Waals surface area contributed by atoms with Gasteiger partial charge in [-0.1, -0.05) is 25.5 Å². The van der Waals surface area contributed by atoms with Crippen LogP contribution in [0, 0.1) is 5.82 Å². The molecule has 0 amide bonds. The van der Waals surface area contributed by atoms with E-state index >= 15 is 0 Å². The third kappa shape index (κ3) is 2.70. The number of hydrogen-bond donors (Lipinski definition) is 1. The highest BCUT2D eigenvalue weighted by molar-refractivity contribution is 5.34. The van der Waals surface area contributed by atoms with Crippen LogP contribution >= 0.6 is 0 Å². The summed E-state index contributed by atoms with van der Waals surface area (Å²) in [7, 11) is 0. The number of para-hydroxylation sites is 1. The molecule has 1 aromatic carbocycles. The SMILES string of the molecule is CCCCOc1c(F)cccc1CN. The maximum absolute atomic E-state index is 13.3. The monoisotopic (exact) mass is 197 g/mol. The molecule has 0 aliphatic carbocycles. The average Bonchev–Trinajstić information content (AvgIpc) is 2.20. The van der Waals surface area contributed by atoms with Crippen LogP contribution in [0.15, 0.2) is 18.2 Å². The maximum Gasteiger partial charge on any atom is 0.165 e. The molecule has 2 N–H and O–H groups in total. The van der Waals surface area contributed by atoms with Gasteiger partial charge < -0.3 is 10.5 Å². The minimum absolute atomic E-state index is 0.305. The van der Waals surface area contributed by atoms with Crippen molar-refractivity contribution in [2.45, 2.75) is 26.3 Å². The van der Waals surface area contributed by atoms with E-state index in [9.17, 15) is 4.39 Å². The molecule has 0 fully saturated rings. The molecular weight excluding hydrogens is 181 g/mol. The molecule has 0 saturated heterocycles. The summed E-state index contributed by atoms with van der Waals surface area (Å²) in [5, 5.41) is 0. The van der Waals surface area contributed by atoms with E-state index in [2.05, 4.69) is 6.92 Å². The van der Waals surface area contributed by atoms with Crippen molar-refractivity contribution in [2.24, 2.45) is 5.73 Å². The molecule has 0 unspecified atom stereocenters. The number of hydrogen-bond acceptors (Lipinski definition) is 2. The van der Waals surface area contributed by atoms with Crippen LogP contribution in [0.2, 0.25) is 0 Å². The van der Waals surface area contributed by atoms with Gasteiger partial charge in [0.25, 0.3) is 0 Å². The molecule has 1 rings (SSSR count). The van der Waals surface area contributed by atoms with Crippen LogP contribution in [0.5, 0.6) is 5.75 Å². The zero-order chi connectivity index (χ0) is 10.4. The lowest BCUT2D eigenvalue weighted by Gasteiger charge is -2.10. The summed E-state index contributed by atoms with van der Waals surface area (Å²) in [6, 6.07) is 4.81. The smallest absolute Gasteiger partial charge is 0.165 e. The van der Waals surface area contributed by atoms with Gasteiger partial charge in [-0.25, -0.2) is 4.39 Å². The Balaban J connectivity index is 2.72. The van der Waals surface area contributed by atoms with E-state index in [0.29, 0.717) is 18.9 Å². The molecule has 0 atom stereocenters. The Bertz CT molecular complexity index is 289. The number of rotatable bonds is 5. The third-order valence-electron chi connectivity index (χ3n) is 2.01. The van der Waals surface area contributed by atoms with Crippen molar-refractivity contribution in [3.8, 4) is 5.75 Å². The molecule has 0 spiro atoms. The van der Waals surface area contributed by atoms with Gasteiger partial charge in [0.15, 0.2) is 11.6 Å². The summed E-state index contributed by atoms with van der Waals surface area (Å²) in [5.74, 6) is -0.0208. The zero-order valence-corrected chi connectivity index (χ0v) is 8.42. The highest BCUT2D eigenvalue weighted by atomic mass is 19.1. The summed E-state index contributed by atoms with van der Waals surface area (Å²) in [6.45, 7) is 2.91. The fourth-order valence-corrected chi connectivity index (χ4v) is 1.19. The quantitative estimate of drug-likeness (QED) is 0.736. The van der Waals surface area contributed by atoms with Gasteiger partial charge in [0.2, 0.25) is 0 Å². The second kappa shape index (κ2) is 5.60. The molecule has 0 radical (unpaired) electrons. The van der Waals surface area contributed by atoms with Gasteiger partial charge in [0.1, 0.15) is 0 Å². The molecule has 14 heavy (non-hydrogen) atoms. The number of benzene rings is 1. The van der Waals surface area contributed by atoms with Crippen LogP contribution in [-0.4, -0.2) is 6.61 Å². The van der Waals surface area contributed by atoms with Gasteiger partial charge in [-0.3, -0.25) is 0 Å². The van der Waals surface area contributed by atoms with Gasteiger partial charge in [0, 0.05) is 12.1 Å². The molecule has 0 bridgehead atoms. The first-order chi connectivity index (χ1) is 6.79. The first kappa shape index (κ1) is 11.0. The predicted octanol–water partition coefficient (Wildman–Crippen LogP) is 2.46. The van der Waals surface area contributed by atoms with Crippen LogP contribution in [-0.2, 0) is 6.54 Å². The van der Waals surface area contributed by atoms with E-state index in [0.717, 1.165) is 18.4 Å². The first-order valence-electron chi connectivity index (χ1n) is 4.89. The van der Waals surface area contributed by atoms with Crippen LogP contribution in [0.3, 0.4) is 0 Å². The van der Waals surface area contributed by atoms with Crippen molar-refractivity contribution in [3.63, 3.8) is 0 Å². The van der Waals surface area contributed by atoms with E-state index in [1.54, 1.807) is 12.1 Å². The Hall–Kier alpha value is -1.09. The Morgan fingerprint density at radius 2 is 2.21 bits per heavy atom. The van der Waals surface area contributed by atoms with E-state index in [1.807, 2.05) is 0 Å². The molecule has 2 nitrogen and oxygen atoms in total. The van der Waals surface area contributed by atoms with Crippen molar-refractivity contribution >= 4 is 0 Å². The fraction of sp³-hybridized carbons (Fsp3) is 0.455. The number of unbranched alkanes of at least 4 members (excludes halogenated alkanes) is 1. The fourth-order valence-electron chi connectivity index (χ4n) is 1.19. The van der Waals surface area contributed by atoms with Crippen LogP contribution in [0.1, 0.15) is 25.3 Å². The second-order valence-electron chi connectivity index (χ2n) is 3.13. The van der Waals surface area contributed by atoms with Crippen molar-refractivity contribution in [1.82, 2.24) is 0 Å². The normalized spacial score (nSPS) is 10.2. The van der Waals surface area contributed by atoms with Gasteiger partial charge >= 0.3 is 0 Å². The Morgan fingerprint density at radius 3 is 2.86 bits per heavy atom. The van der Waals surface area contributed by atoms with Crippen molar-refractivity contribution in [1.29, 1.82) is 0 Å². The molecule has 0 aliphatic rings. The first-order valence-corrected chi connectivity index (χ1v) is 4.89. The second-order valence-corrected chi connectivity index (χ2v) is 3.13. The predicted molar refractivity (Wildman–Crippen MR) is 54.7 cm³/mol. The number of halogens is 1. The maximum atomic E-state index is 13.3. The molecule has 1 aromatic rings. The van der Waals surface area contributed by atoms with Crippen molar-refractivity contribution in [2.75, 3.05) is 6.61 Å². The van der Waals surface area contributed by atoms with Gasteiger partial charge in [-0.2, -0.15) is 0 Å². The number of nitrogens with two attached hydrogens (primary N) is 1. The Morgan fingerprint density at radius 1 is 1.43 bits per heavy atom. The highest BCUT2D eigenvalue weighted by Gasteiger charge is 2.07. The topological polar surface area (TPSA) is 35.2 Å². The lowest BCUT2D eigenvalue weighted by molar-refractivity contribution is 0.291. The van der Waals surface area contributed by atoms with E-state index < -0.39 is 0 Å². The van der Waals surface area contributed by atoms with Gasteiger partial charge in [-0.05, 0) is 12.5 Å². The molecule has 0 aromatic heterocycles. The Kier molecular flexibility index (Phi) is 4.40. The largest absolute Gasteiger partial charge is 0.490 e. The number of ether oxygens (including phenoxy) is 1. The average molecular weight is 197 g/mol. The highest BCUT2D eigenvalue weighted by Crippen LogP contribution is 2.22. The molecule has 3 heteroatoms. The van der Waals surface area contributed by atoms with Crippen LogP contribution < -0.4 is 10.5 Å². The lowest BCUT2D eigenvalue weighted by atomic mass is 10.2. The minimum atomic E-state index is -0.330. The van der Waals surface area contributed by atoms with E-state index in [1.165, 1.54) is 6.07 Å². The standard InChI is InChI=1S/C11H16FNO/c1-2-3-7-14-11-9(8-13)5-4-6-10(11)12/h4-6H,2-3,7-8,13H2,1H3. The zero-order valence-electron chi connectivity index (χ0n) is 8.42. The van der Waals surface area contributed by atoms with Gasteiger partial charge in [0.05, 0.1) is 6.61 Å². The summed E-state index contributed by atoms with van der Waals surface area (Å²) in [5.41, 5.74) is 6.20. The van der Waals surface area contributed by atoms with E-state index in [4.69, 9.17) is 10.5 Å². The lowest BCUT2D eigenvalue weighted by Crippen LogP contribution is -2.05.